The lowest BCUT2D eigenvalue weighted by Crippen LogP contribution is -2.47. The number of likely N-dealkylation sites (N-methyl/N-ethyl adjacent to an activating group) is 1. The molecule has 4 N–H and O–H groups in total. The van der Waals surface area contributed by atoms with E-state index in [2.05, 4.69) is 15.6 Å². The summed E-state index contributed by atoms with van der Waals surface area (Å²) < 4.78 is 32.3. The van der Waals surface area contributed by atoms with Gasteiger partial charge in [0.05, 0.1) is 23.8 Å². The second-order valence-electron chi connectivity index (χ2n) is 7.99. The topological polar surface area (TPSA) is 124 Å². The molecule has 1 heterocycles. The normalized spacial score (nSPS) is 12.6. The van der Waals surface area contributed by atoms with Crippen LogP contribution in [0.25, 0.3) is 10.8 Å². The van der Waals surface area contributed by atoms with Crippen LogP contribution in [0.2, 0.25) is 5.02 Å². The average molecular weight is 523 g/mol. The van der Waals surface area contributed by atoms with Crippen LogP contribution in [0.5, 0.6) is 0 Å². The number of rotatable bonds is 9. The third kappa shape index (κ3) is 7.23. The number of benzene rings is 2. The lowest BCUT2D eigenvalue weighted by molar-refractivity contribution is 0.0480. The van der Waals surface area contributed by atoms with Crippen molar-refractivity contribution in [3.8, 4) is 0 Å². The Balaban J connectivity index is 1.60. The Kier molecular flexibility index (Phi) is 9.34. The molecule has 36 heavy (non-hydrogen) atoms. The van der Waals surface area contributed by atoms with Crippen molar-refractivity contribution in [3.63, 3.8) is 0 Å². The van der Waals surface area contributed by atoms with Crippen LogP contribution < -0.4 is 10.6 Å². The molecule has 1 aromatic heterocycles. The molecule has 2 aromatic carbocycles. The van der Waals surface area contributed by atoms with Crippen molar-refractivity contribution in [3.05, 3.63) is 70.9 Å². The molecule has 0 aliphatic rings. The van der Waals surface area contributed by atoms with Crippen LogP contribution in [-0.4, -0.2) is 64.6 Å². The number of hydrogen-bond acceptors (Lipinski definition) is 6. The summed E-state index contributed by atoms with van der Waals surface area (Å²) in [6.07, 6.45) is -0.691. The molecule has 0 radical (unpaired) electrons. The van der Waals surface area contributed by atoms with Crippen LogP contribution in [0, 0.1) is 11.6 Å². The lowest BCUT2D eigenvalue weighted by atomic mass is 10.1. The van der Waals surface area contributed by atoms with Gasteiger partial charge in [0, 0.05) is 25.2 Å². The first-order valence-corrected chi connectivity index (χ1v) is 11.3. The number of urea groups is 1. The summed E-state index contributed by atoms with van der Waals surface area (Å²) in [4.78, 5) is 30.2. The van der Waals surface area contributed by atoms with Gasteiger partial charge in [-0.05, 0) is 47.7 Å². The minimum atomic E-state index is -1.17. The molecule has 12 heteroatoms. The number of fused-ring (bicyclic) bond motifs is 1. The number of nitrogens with one attached hydrogen (secondary N) is 2. The molecule has 0 aliphatic heterocycles. The summed E-state index contributed by atoms with van der Waals surface area (Å²) in [6, 6.07) is 8.41. The number of hydrogen-bond donors (Lipinski definition) is 4. The van der Waals surface area contributed by atoms with E-state index in [1.807, 2.05) is 0 Å². The molecule has 0 saturated heterocycles. The van der Waals surface area contributed by atoms with Gasteiger partial charge in [-0.1, -0.05) is 23.7 Å². The van der Waals surface area contributed by atoms with Crippen molar-refractivity contribution in [1.29, 1.82) is 0 Å². The van der Waals surface area contributed by atoms with Crippen molar-refractivity contribution in [1.82, 2.24) is 15.2 Å². The maximum absolute atomic E-state index is 13.6. The number of pyridine rings is 1. The number of aromatic nitrogens is 1. The Labute approximate surface area is 210 Å². The fourth-order valence-corrected chi connectivity index (χ4v) is 3.56. The van der Waals surface area contributed by atoms with Gasteiger partial charge >= 0.3 is 12.1 Å². The van der Waals surface area contributed by atoms with Crippen molar-refractivity contribution < 1.29 is 33.3 Å². The van der Waals surface area contributed by atoms with E-state index >= 15 is 0 Å². The number of nitrogens with zero attached hydrogens (tertiary/aromatic N) is 2. The van der Waals surface area contributed by atoms with Gasteiger partial charge < -0.3 is 25.2 Å². The molecule has 0 fully saturated rings. The maximum Gasteiger partial charge on any atom is 0.412 e. The van der Waals surface area contributed by atoms with Gasteiger partial charge in [-0.25, -0.2) is 23.4 Å². The second-order valence-corrected chi connectivity index (χ2v) is 8.37. The minimum Gasteiger partial charge on any atom is -0.447 e. The average Bonchev–Trinajstić information content (AvgIpc) is 2.86. The molecule has 0 spiro atoms. The smallest absolute Gasteiger partial charge is 0.412 e. The van der Waals surface area contributed by atoms with E-state index in [-0.39, 0.29) is 30.4 Å². The minimum absolute atomic E-state index is 0.0649. The fraction of sp³-hybridized carbons (Fsp3) is 0.292. The highest BCUT2D eigenvalue weighted by Gasteiger charge is 2.25. The highest BCUT2D eigenvalue weighted by Crippen LogP contribution is 2.20. The molecular formula is C24H25ClF2N4O5. The van der Waals surface area contributed by atoms with Crippen molar-refractivity contribution >= 4 is 40.3 Å². The zero-order valence-electron chi connectivity index (χ0n) is 19.2. The molecule has 0 bridgehead atoms. The van der Waals surface area contributed by atoms with Gasteiger partial charge in [0.15, 0.2) is 0 Å². The van der Waals surface area contributed by atoms with Gasteiger partial charge in [0.1, 0.15) is 24.1 Å². The first kappa shape index (κ1) is 27.1. The number of ether oxygens (including phenoxy) is 1. The molecule has 3 amide bonds. The zero-order chi connectivity index (χ0) is 26.2. The number of anilines is 1. The second kappa shape index (κ2) is 12.4. The van der Waals surface area contributed by atoms with Crippen LogP contribution in [0.15, 0.2) is 48.7 Å². The standard InChI is InChI=1S/C24H25ClF2N4O5/c1-31(23(34)29-11-15-3-2-4-20(27)22(15)25)18(9-19(33)12-32)13-36-24(35)30-21-8-16-7-17(26)6-5-14(16)10-28-21/h2-8,10,18-19,32-33H,9,11-13H2,1H3,(H,29,34)(H,28,30,35)/t18-,19+/m1/s1. The van der Waals surface area contributed by atoms with Gasteiger partial charge in [0.2, 0.25) is 0 Å². The van der Waals surface area contributed by atoms with Gasteiger partial charge in [0.25, 0.3) is 0 Å². The largest absolute Gasteiger partial charge is 0.447 e. The van der Waals surface area contributed by atoms with Crippen LogP contribution in [-0.2, 0) is 11.3 Å². The molecule has 0 unspecified atom stereocenters. The van der Waals surface area contributed by atoms with E-state index in [1.54, 1.807) is 12.1 Å². The SMILES string of the molecule is CN(C(=O)NCc1cccc(F)c1Cl)[C@@H](COC(=O)Nc1cc2cc(F)ccc2cn1)C[C@H](O)CO. The molecule has 0 saturated carbocycles. The third-order valence-corrected chi connectivity index (χ3v) is 5.83. The molecule has 2 atom stereocenters. The predicted molar refractivity (Wildman–Crippen MR) is 130 cm³/mol. The van der Waals surface area contributed by atoms with Gasteiger partial charge in [-0.15, -0.1) is 0 Å². The Hall–Kier alpha value is -3.54. The highest BCUT2D eigenvalue weighted by molar-refractivity contribution is 6.31. The van der Waals surface area contributed by atoms with E-state index in [4.69, 9.17) is 16.3 Å². The molecule has 3 aromatic rings. The van der Waals surface area contributed by atoms with Crippen molar-refractivity contribution in [2.45, 2.75) is 25.1 Å². The third-order valence-electron chi connectivity index (χ3n) is 5.41. The summed E-state index contributed by atoms with van der Waals surface area (Å²) in [5.41, 5.74) is 0.365. The monoisotopic (exact) mass is 522 g/mol. The zero-order valence-corrected chi connectivity index (χ0v) is 20.0. The van der Waals surface area contributed by atoms with Crippen LogP contribution >= 0.6 is 11.6 Å². The molecule has 192 valence electrons. The van der Waals surface area contributed by atoms with Crippen LogP contribution in [0.4, 0.5) is 24.2 Å². The number of carbonyl (C=O) groups is 2. The van der Waals surface area contributed by atoms with E-state index in [1.165, 1.54) is 48.5 Å². The van der Waals surface area contributed by atoms with E-state index in [0.29, 0.717) is 16.3 Å². The molecule has 9 nitrogen and oxygen atoms in total. The fourth-order valence-electron chi connectivity index (χ4n) is 3.37. The van der Waals surface area contributed by atoms with E-state index < -0.39 is 42.5 Å². The first-order valence-electron chi connectivity index (χ1n) is 10.9. The number of halogens is 3. The lowest BCUT2D eigenvalue weighted by Gasteiger charge is -2.29. The summed E-state index contributed by atoms with van der Waals surface area (Å²) in [5.74, 6) is -0.928. The van der Waals surface area contributed by atoms with Crippen molar-refractivity contribution in [2.24, 2.45) is 0 Å². The van der Waals surface area contributed by atoms with E-state index in [9.17, 15) is 28.6 Å². The number of amides is 3. The van der Waals surface area contributed by atoms with Gasteiger partial charge in [-0.2, -0.15) is 0 Å². The molecule has 3 rings (SSSR count). The summed E-state index contributed by atoms with van der Waals surface area (Å²) >= 11 is 5.91. The molecular weight excluding hydrogens is 498 g/mol. The first-order chi connectivity index (χ1) is 17.2. The number of aliphatic hydroxyl groups is 2. The predicted octanol–water partition coefficient (Wildman–Crippen LogP) is 3.67. The quantitative estimate of drug-likeness (QED) is 0.340. The number of carbonyl (C=O) groups excluding carboxylic acids is 2. The summed E-state index contributed by atoms with van der Waals surface area (Å²) in [5, 5.41) is 25.2. The van der Waals surface area contributed by atoms with Gasteiger partial charge in [-0.3, -0.25) is 5.32 Å². The highest BCUT2D eigenvalue weighted by atomic mass is 35.5. The van der Waals surface area contributed by atoms with Crippen LogP contribution in [0.3, 0.4) is 0 Å². The van der Waals surface area contributed by atoms with E-state index in [0.717, 1.165) is 0 Å². The Bertz CT molecular complexity index is 1230. The summed E-state index contributed by atoms with van der Waals surface area (Å²) in [6.45, 7) is -0.949. The van der Waals surface area contributed by atoms with Crippen LogP contribution in [0.1, 0.15) is 12.0 Å². The Morgan fingerprint density at radius 2 is 1.97 bits per heavy atom. The Morgan fingerprint density at radius 1 is 1.19 bits per heavy atom. The number of aliphatic hydroxyl groups excluding tert-OH is 2. The van der Waals surface area contributed by atoms with Crippen molar-refractivity contribution in [2.75, 3.05) is 25.6 Å². The Morgan fingerprint density at radius 3 is 2.72 bits per heavy atom. The molecule has 0 aliphatic carbocycles. The maximum atomic E-state index is 13.6. The summed E-state index contributed by atoms with van der Waals surface area (Å²) in [7, 11) is 1.41.